The molecule has 2 aromatic carbocycles. The number of benzene rings is 2. The molecule has 0 bridgehead atoms. The van der Waals surface area contributed by atoms with Crippen molar-refractivity contribution in [2.75, 3.05) is 5.32 Å². The van der Waals surface area contributed by atoms with Crippen LogP contribution < -0.4 is 5.32 Å². The first-order chi connectivity index (χ1) is 12.3. The Morgan fingerprint density at radius 2 is 1.92 bits per heavy atom. The minimum atomic E-state index is -0.816. The van der Waals surface area contributed by atoms with E-state index in [1.807, 2.05) is 0 Å². The minimum Gasteiger partial charge on any atom is -0.298 e. The van der Waals surface area contributed by atoms with Gasteiger partial charge in [0.25, 0.3) is 17.3 Å². The third-order valence-corrected chi connectivity index (χ3v) is 4.52. The predicted molar refractivity (Wildman–Crippen MR) is 92.0 cm³/mol. The monoisotopic (exact) mass is 376 g/mol. The summed E-state index contributed by atoms with van der Waals surface area (Å²) in [5.41, 5.74) is -0.857. The molecule has 0 aliphatic rings. The fourth-order valence-corrected chi connectivity index (χ4v) is 3.22. The Hall–Kier alpha value is -3.47. The zero-order chi connectivity index (χ0) is 19.0. The normalized spacial score (nSPS) is 10.7. The Morgan fingerprint density at radius 1 is 1.19 bits per heavy atom. The van der Waals surface area contributed by atoms with Crippen LogP contribution in [0.5, 0.6) is 0 Å². The van der Waals surface area contributed by atoms with Gasteiger partial charge in [-0.05, 0) is 25.1 Å². The molecule has 1 heterocycles. The van der Waals surface area contributed by atoms with Gasteiger partial charge in [0.15, 0.2) is 5.13 Å². The average Bonchev–Trinajstić information content (AvgIpc) is 2.95. The maximum atomic E-state index is 13.2. The molecule has 0 atom stereocenters. The van der Waals surface area contributed by atoms with Gasteiger partial charge in [0.1, 0.15) is 5.82 Å². The first-order valence-electron chi connectivity index (χ1n) is 7.07. The maximum Gasteiger partial charge on any atom is 0.279 e. The number of anilines is 1. The average molecular weight is 376 g/mol. The summed E-state index contributed by atoms with van der Waals surface area (Å²) in [5, 5.41) is 24.6. The third kappa shape index (κ3) is 3.19. The molecule has 0 saturated heterocycles. The number of thiazole rings is 1. The summed E-state index contributed by atoms with van der Waals surface area (Å²) in [6, 6.07) is 5.69. The number of hydrogen-bond acceptors (Lipinski definition) is 7. The van der Waals surface area contributed by atoms with E-state index in [4.69, 9.17) is 0 Å². The van der Waals surface area contributed by atoms with Gasteiger partial charge < -0.3 is 0 Å². The van der Waals surface area contributed by atoms with Crippen LogP contribution in [0.3, 0.4) is 0 Å². The topological polar surface area (TPSA) is 128 Å². The van der Waals surface area contributed by atoms with Crippen LogP contribution in [0.2, 0.25) is 0 Å². The second kappa shape index (κ2) is 6.44. The standard InChI is InChI=1S/C15H9FN4O5S/c1-7-10(5-9(19(22)23)6-12(7)20(24)25)14(21)18-15-17-11-3-2-8(16)4-13(11)26-15/h2-6H,1H3,(H,17,18,21). The van der Waals surface area contributed by atoms with Crippen LogP contribution in [-0.2, 0) is 0 Å². The minimum absolute atomic E-state index is 0.00902. The molecule has 3 aromatic rings. The van der Waals surface area contributed by atoms with Gasteiger partial charge in [-0.15, -0.1) is 0 Å². The van der Waals surface area contributed by atoms with Crippen LogP contribution in [0, 0.1) is 33.0 Å². The highest BCUT2D eigenvalue weighted by Crippen LogP contribution is 2.30. The third-order valence-electron chi connectivity index (χ3n) is 3.59. The van der Waals surface area contributed by atoms with E-state index in [2.05, 4.69) is 10.3 Å². The Labute approximate surface area is 148 Å². The number of aromatic nitrogens is 1. The zero-order valence-electron chi connectivity index (χ0n) is 13.1. The molecule has 1 amide bonds. The molecule has 1 aromatic heterocycles. The fourth-order valence-electron chi connectivity index (χ4n) is 2.33. The van der Waals surface area contributed by atoms with Crippen LogP contribution in [0.25, 0.3) is 10.2 Å². The molecule has 0 unspecified atom stereocenters. The molecular weight excluding hydrogens is 367 g/mol. The molecule has 0 radical (unpaired) electrons. The van der Waals surface area contributed by atoms with Gasteiger partial charge in [0.2, 0.25) is 0 Å². The summed E-state index contributed by atoms with van der Waals surface area (Å²) in [6.07, 6.45) is 0. The van der Waals surface area contributed by atoms with Crippen molar-refractivity contribution in [3.8, 4) is 0 Å². The lowest BCUT2D eigenvalue weighted by Gasteiger charge is -2.06. The smallest absolute Gasteiger partial charge is 0.279 e. The summed E-state index contributed by atoms with van der Waals surface area (Å²) in [7, 11) is 0. The van der Waals surface area contributed by atoms with E-state index in [9.17, 15) is 29.4 Å². The number of nitro groups is 2. The number of hydrogen-bond donors (Lipinski definition) is 1. The van der Waals surface area contributed by atoms with E-state index >= 15 is 0 Å². The summed E-state index contributed by atoms with van der Waals surface area (Å²) in [4.78, 5) is 37.0. The molecule has 3 rings (SSSR count). The lowest BCUT2D eigenvalue weighted by molar-refractivity contribution is -0.394. The number of rotatable bonds is 4. The van der Waals surface area contributed by atoms with Gasteiger partial charge in [0.05, 0.1) is 31.7 Å². The number of carbonyl (C=O) groups is 1. The van der Waals surface area contributed by atoms with Crippen LogP contribution in [-0.4, -0.2) is 20.7 Å². The molecular formula is C15H9FN4O5S. The second-order valence-electron chi connectivity index (χ2n) is 5.24. The Bertz CT molecular complexity index is 1080. The SMILES string of the molecule is Cc1c(C(=O)Nc2nc3ccc(F)cc3s2)cc([N+](=O)[O-])cc1[N+](=O)[O-]. The second-order valence-corrected chi connectivity index (χ2v) is 6.27. The summed E-state index contributed by atoms with van der Waals surface area (Å²) in [5.74, 6) is -1.24. The largest absolute Gasteiger partial charge is 0.298 e. The van der Waals surface area contributed by atoms with Crippen molar-refractivity contribution >= 4 is 44.0 Å². The quantitative estimate of drug-likeness (QED) is 0.544. The highest BCUT2D eigenvalue weighted by molar-refractivity contribution is 7.22. The number of carbonyl (C=O) groups excluding carboxylic acids is 1. The van der Waals surface area contributed by atoms with Gasteiger partial charge in [-0.25, -0.2) is 9.37 Å². The summed E-state index contributed by atoms with van der Waals surface area (Å²) >= 11 is 1.01. The molecule has 1 N–H and O–H groups in total. The van der Waals surface area contributed by atoms with Gasteiger partial charge >= 0.3 is 0 Å². The van der Waals surface area contributed by atoms with Gasteiger partial charge in [0, 0.05) is 11.6 Å². The number of nitrogens with one attached hydrogen (secondary N) is 1. The summed E-state index contributed by atoms with van der Waals surface area (Å²) in [6.45, 7) is 1.32. The van der Waals surface area contributed by atoms with Crippen molar-refractivity contribution in [3.05, 3.63) is 67.5 Å². The lowest BCUT2D eigenvalue weighted by atomic mass is 10.0. The van der Waals surface area contributed by atoms with Crippen LogP contribution >= 0.6 is 11.3 Å². The summed E-state index contributed by atoms with van der Waals surface area (Å²) < 4.78 is 13.7. The highest BCUT2D eigenvalue weighted by atomic mass is 32.1. The molecule has 0 spiro atoms. The van der Waals surface area contributed by atoms with E-state index in [1.54, 1.807) is 0 Å². The molecule has 0 fully saturated rings. The molecule has 0 aliphatic carbocycles. The van der Waals surface area contributed by atoms with Crippen molar-refractivity contribution in [2.24, 2.45) is 0 Å². The number of non-ortho nitro benzene ring substituents is 1. The van der Waals surface area contributed by atoms with E-state index < -0.39 is 32.9 Å². The molecule has 132 valence electrons. The molecule has 11 heteroatoms. The Balaban J connectivity index is 2.00. The van der Waals surface area contributed by atoms with Crippen molar-refractivity contribution in [1.82, 2.24) is 4.98 Å². The molecule has 9 nitrogen and oxygen atoms in total. The van der Waals surface area contributed by atoms with Crippen molar-refractivity contribution in [3.63, 3.8) is 0 Å². The lowest BCUT2D eigenvalue weighted by Crippen LogP contribution is -2.14. The van der Waals surface area contributed by atoms with Crippen molar-refractivity contribution in [1.29, 1.82) is 0 Å². The molecule has 0 saturated carbocycles. The number of fused-ring (bicyclic) bond motifs is 1. The van der Waals surface area contributed by atoms with Crippen LogP contribution in [0.15, 0.2) is 30.3 Å². The zero-order valence-corrected chi connectivity index (χ0v) is 13.9. The first-order valence-corrected chi connectivity index (χ1v) is 7.89. The van der Waals surface area contributed by atoms with Gasteiger partial charge in [-0.2, -0.15) is 0 Å². The fraction of sp³-hybridized carbons (Fsp3) is 0.0667. The van der Waals surface area contributed by atoms with Crippen molar-refractivity contribution in [2.45, 2.75) is 6.92 Å². The van der Waals surface area contributed by atoms with E-state index in [0.29, 0.717) is 10.2 Å². The van der Waals surface area contributed by atoms with Crippen molar-refractivity contribution < 1.29 is 19.0 Å². The molecule has 26 heavy (non-hydrogen) atoms. The Kier molecular flexibility index (Phi) is 4.30. The number of amides is 1. The van der Waals surface area contributed by atoms with Gasteiger partial charge in [-0.1, -0.05) is 11.3 Å². The van der Waals surface area contributed by atoms with E-state index in [-0.39, 0.29) is 16.3 Å². The van der Waals surface area contributed by atoms with Gasteiger partial charge in [-0.3, -0.25) is 30.3 Å². The predicted octanol–water partition coefficient (Wildman–Crippen LogP) is 3.81. The van der Waals surface area contributed by atoms with E-state index in [0.717, 1.165) is 23.5 Å². The highest BCUT2D eigenvalue weighted by Gasteiger charge is 2.25. The molecule has 0 aliphatic heterocycles. The number of halogens is 1. The Morgan fingerprint density at radius 3 is 2.58 bits per heavy atom. The first kappa shape index (κ1) is 17.4. The maximum absolute atomic E-state index is 13.2. The van der Waals surface area contributed by atoms with E-state index in [1.165, 1.54) is 25.1 Å². The number of nitrogens with zero attached hydrogens (tertiary/aromatic N) is 3. The van der Waals surface area contributed by atoms with Crippen LogP contribution in [0.1, 0.15) is 15.9 Å². The number of nitro benzene ring substituents is 2. The van der Waals surface area contributed by atoms with Crippen LogP contribution in [0.4, 0.5) is 20.9 Å².